The molecule has 0 spiro atoms. The number of hydrogen-bond donors (Lipinski definition) is 4. The van der Waals surface area contributed by atoms with Crippen LogP contribution in [0.4, 0.5) is 4.79 Å². The first-order valence-electron chi connectivity index (χ1n) is 12.1. The minimum Gasteiger partial charge on any atom is -0.480 e. The molecule has 0 bridgehead atoms. The van der Waals surface area contributed by atoms with E-state index in [9.17, 15) is 43.8 Å². The number of aliphatic carboxylic acids is 2. The second-order valence-corrected chi connectivity index (χ2v) is 9.99. The number of benzene rings is 1. The molecule has 1 aromatic carbocycles. The van der Waals surface area contributed by atoms with Gasteiger partial charge in [-0.25, -0.2) is 14.4 Å². The highest BCUT2D eigenvalue weighted by atomic mass is 32.2. The van der Waals surface area contributed by atoms with E-state index < -0.39 is 72.1 Å². The molecule has 3 atom stereocenters. The second kappa shape index (κ2) is 13.6. The summed E-state index contributed by atoms with van der Waals surface area (Å²) in [5.41, 5.74) is -0.158. The predicted octanol–water partition coefficient (Wildman–Crippen LogP) is 0.659. The normalized spacial score (nSPS) is 18.5. The van der Waals surface area contributed by atoms with Gasteiger partial charge in [0.25, 0.3) is 5.91 Å². The Bertz CT molecular complexity index is 1230. The Morgan fingerprint density at radius 1 is 1.12 bits per heavy atom. The molecular weight excluding hydrogens is 550 g/mol. The first kappa shape index (κ1) is 30.1. The van der Waals surface area contributed by atoms with Crippen LogP contribution in [0.1, 0.15) is 32.6 Å². The molecule has 1 saturated heterocycles. The van der Waals surface area contributed by atoms with Gasteiger partial charge >= 0.3 is 24.0 Å². The van der Waals surface area contributed by atoms with Crippen LogP contribution in [-0.4, -0.2) is 86.5 Å². The van der Waals surface area contributed by atoms with Crippen molar-refractivity contribution in [2.75, 3.05) is 12.4 Å². The standard InChI is InChI=1S/C25H27N3O11S/c1-13(29)10-18(31)38-11-14-12-40-22-19(21(32)28(22)20(14)24(35)36)27-17(30)9-5-8-16(23(33)34)26-25(37)39-15-6-3-2-4-7-15/h2-4,6-7,16,19,22H,5,8-12H2,1H3,(H,26,37)(H,27,30)(H,33,34)(H,35,36)/t16?,19-,22+/m1/s1. The molecule has 0 aromatic heterocycles. The van der Waals surface area contributed by atoms with Gasteiger partial charge in [0.1, 0.15) is 47.7 Å². The van der Waals surface area contributed by atoms with Gasteiger partial charge in [-0.1, -0.05) is 18.2 Å². The molecule has 3 rings (SSSR count). The number of ether oxygens (including phenoxy) is 2. The Balaban J connectivity index is 1.49. The molecule has 40 heavy (non-hydrogen) atoms. The van der Waals surface area contributed by atoms with E-state index in [1.165, 1.54) is 30.8 Å². The third-order valence-corrected chi connectivity index (χ3v) is 7.15. The summed E-state index contributed by atoms with van der Waals surface area (Å²) in [5, 5.41) is 23.1. The minimum atomic E-state index is -1.40. The molecule has 2 heterocycles. The number of thioether (sulfide) groups is 1. The van der Waals surface area contributed by atoms with Gasteiger partial charge in [-0.2, -0.15) is 0 Å². The SMILES string of the molecule is CC(=O)CC(=O)OCC1=C(C(=O)O)N2C(=O)[C@@H](NC(=O)CCCC(NC(=O)Oc3ccccc3)C(=O)O)[C@@H]2SC1. The fourth-order valence-electron chi connectivity index (χ4n) is 3.95. The summed E-state index contributed by atoms with van der Waals surface area (Å²) in [4.78, 5) is 84.3. The Hall–Kier alpha value is -4.40. The molecule has 4 N–H and O–H groups in total. The zero-order valence-corrected chi connectivity index (χ0v) is 22.1. The van der Waals surface area contributed by atoms with Gasteiger partial charge in [-0.15, -0.1) is 11.8 Å². The van der Waals surface area contributed by atoms with Crippen LogP contribution < -0.4 is 15.4 Å². The molecule has 1 fully saturated rings. The van der Waals surface area contributed by atoms with Gasteiger partial charge in [0.15, 0.2) is 0 Å². The highest BCUT2D eigenvalue weighted by Gasteiger charge is 2.54. The average molecular weight is 578 g/mol. The van der Waals surface area contributed by atoms with Crippen molar-refractivity contribution in [3.63, 3.8) is 0 Å². The smallest absolute Gasteiger partial charge is 0.413 e. The molecule has 0 radical (unpaired) electrons. The molecule has 1 unspecified atom stereocenters. The number of amides is 3. The molecule has 15 heteroatoms. The van der Waals surface area contributed by atoms with Gasteiger partial charge in [-0.3, -0.25) is 24.1 Å². The zero-order valence-electron chi connectivity index (χ0n) is 21.3. The van der Waals surface area contributed by atoms with Crippen LogP contribution in [0.2, 0.25) is 0 Å². The van der Waals surface area contributed by atoms with Crippen LogP contribution in [-0.2, 0) is 33.5 Å². The molecule has 2 aliphatic rings. The van der Waals surface area contributed by atoms with E-state index in [-0.39, 0.29) is 42.0 Å². The number of hydrogen-bond acceptors (Lipinski definition) is 10. The molecule has 14 nitrogen and oxygen atoms in total. The summed E-state index contributed by atoms with van der Waals surface area (Å²) in [6.07, 6.45) is -1.60. The van der Waals surface area contributed by atoms with Gasteiger partial charge in [0.2, 0.25) is 5.91 Å². The number of nitrogens with one attached hydrogen (secondary N) is 2. The number of carbonyl (C=O) groups is 7. The molecule has 3 amide bonds. The van der Waals surface area contributed by atoms with Crippen LogP contribution >= 0.6 is 11.8 Å². The molecule has 1 aromatic rings. The summed E-state index contributed by atoms with van der Waals surface area (Å²) in [7, 11) is 0. The van der Waals surface area contributed by atoms with E-state index in [0.717, 1.165) is 4.90 Å². The van der Waals surface area contributed by atoms with Crippen molar-refractivity contribution in [1.82, 2.24) is 15.5 Å². The van der Waals surface area contributed by atoms with Crippen LogP contribution in [0, 0.1) is 0 Å². The maximum Gasteiger partial charge on any atom is 0.413 e. The molecule has 2 aliphatic heterocycles. The Morgan fingerprint density at radius 2 is 1.82 bits per heavy atom. The van der Waals surface area contributed by atoms with E-state index in [2.05, 4.69) is 10.6 Å². The topological polar surface area (TPSA) is 206 Å². The number of fused-ring (bicyclic) bond motifs is 1. The van der Waals surface area contributed by atoms with Crippen molar-refractivity contribution >= 4 is 53.4 Å². The van der Waals surface area contributed by atoms with E-state index >= 15 is 0 Å². The third kappa shape index (κ3) is 7.81. The predicted molar refractivity (Wildman–Crippen MR) is 137 cm³/mol. The highest BCUT2D eigenvalue weighted by molar-refractivity contribution is 8.00. The minimum absolute atomic E-state index is 0.0624. The van der Waals surface area contributed by atoms with Crippen molar-refractivity contribution < 1.29 is 53.2 Å². The summed E-state index contributed by atoms with van der Waals surface area (Å²) >= 11 is 1.17. The van der Waals surface area contributed by atoms with Gasteiger partial charge in [0, 0.05) is 17.7 Å². The van der Waals surface area contributed by atoms with Crippen molar-refractivity contribution in [2.24, 2.45) is 0 Å². The number of para-hydroxylation sites is 1. The fraction of sp³-hybridized carbons (Fsp3) is 0.400. The Morgan fingerprint density at radius 3 is 2.45 bits per heavy atom. The number of nitrogens with zero attached hydrogens (tertiary/aromatic N) is 1. The number of carboxylic acid groups (broad SMARTS) is 2. The van der Waals surface area contributed by atoms with Crippen molar-refractivity contribution in [1.29, 1.82) is 0 Å². The molecule has 0 aliphatic carbocycles. The number of Topliss-reactive ketones (excluding diaryl/α,β-unsaturated/α-hetero) is 1. The van der Waals surface area contributed by atoms with Crippen LogP contribution in [0.25, 0.3) is 0 Å². The third-order valence-electron chi connectivity index (χ3n) is 5.81. The maximum atomic E-state index is 12.7. The average Bonchev–Trinajstić information content (AvgIpc) is 2.89. The number of ketones is 1. The lowest BCUT2D eigenvalue weighted by Crippen LogP contribution is -2.70. The van der Waals surface area contributed by atoms with Crippen molar-refractivity contribution in [2.45, 2.75) is 50.1 Å². The van der Waals surface area contributed by atoms with Gasteiger partial charge < -0.3 is 30.3 Å². The van der Waals surface area contributed by atoms with E-state index in [1.54, 1.807) is 18.2 Å². The second-order valence-electron chi connectivity index (χ2n) is 8.88. The quantitative estimate of drug-likeness (QED) is 0.145. The lowest BCUT2D eigenvalue weighted by atomic mass is 10.0. The lowest BCUT2D eigenvalue weighted by Gasteiger charge is -2.49. The largest absolute Gasteiger partial charge is 0.480 e. The number of esters is 1. The Labute approximate surface area is 232 Å². The van der Waals surface area contributed by atoms with Crippen LogP contribution in [0.15, 0.2) is 41.6 Å². The van der Waals surface area contributed by atoms with Gasteiger partial charge in [-0.05, 0) is 31.9 Å². The number of carbonyl (C=O) groups excluding carboxylic acids is 5. The van der Waals surface area contributed by atoms with E-state index in [0.29, 0.717) is 0 Å². The lowest BCUT2D eigenvalue weighted by molar-refractivity contribution is -0.151. The summed E-state index contributed by atoms with van der Waals surface area (Å²) in [5.74, 6) is -4.82. The first-order valence-corrected chi connectivity index (χ1v) is 13.1. The summed E-state index contributed by atoms with van der Waals surface area (Å²) < 4.78 is 9.98. The first-order chi connectivity index (χ1) is 19.0. The number of β-lactam (4-membered cyclic amide) rings is 1. The van der Waals surface area contributed by atoms with Crippen molar-refractivity contribution in [3.05, 3.63) is 41.6 Å². The van der Waals surface area contributed by atoms with E-state index in [1.807, 2.05) is 0 Å². The molecule has 0 saturated carbocycles. The number of rotatable bonds is 13. The van der Waals surface area contributed by atoms with Crippen LogP contribution in [0.3, 0.4) is 0 Å². The number of carboxylic acids is 2. The van der Waals surface area contributed by atoms with E-state index in [4.69, 9.17) is 9.47 Å². The summed E-state index contributed by atoms with van der Waals surface area (Å²) in [6.45, 7) is 0.813. The molecule has 214 valence electrons. The Kier molecular flexibility index (Phi) is 10.2. The maximum absolute atomic E-state index is 12.7. The molecular formula is C25H27N3O11S. The highest BCUT2D eigenvalue weighted by Crippen LogP contribution is 2.40. The summed E-state index contributed by atoms with van der Waals surface area (Å²) in [6, 6.07) is 5.73. The van der Waals surface area contributed by atoms with Crippen LogP contribution in [0.5, 0.6) is 5.75 Å². The zero-order chi connectivity index (χ0) is 29.4. The monoisotopic (exact) mass is 577 g/mol. The fourth-order valence-corrected chi connectivity index (χ4v) is 5.28. The van der Waals surface area contributed by atoms with Gasteiger partial charge in [0.05, 0.1) is 0 Å². The van der Waals surface area contributed by atoms with Crippen molar-refractivity contribution in [3.8, 4) is 5.75 Å².